The SMILES string of the molecule is CC(=O)[O-].C[NH+](C)CCCCCCC1CCCCC1. The summed E-state index contributed by atoms with van der Waals surface area (Å²) in [6.45, 7) is 2.32. The maximum absolute atomic E-state index is 8.89. The highest BCUT2D eigenvalue weighted by Gasteiger charge is 2.12. The topological polar surface area (TPSA) is 44.6 Å². The molecule has 1 rings (SSSR count). The number of carboxylic acid groups (broad SMARTS) is 1. The molecule has 0 aromatic carbocycles. The van der Waals surface area contributed by atoms with Gasteiger partial charge in [0.15, 0.2) is 0 Å². The lowest BCUT2D eigenvalue weighted by molar-refractivity contribution is -0.858. The van der Waals surface area contributed by atoms with Crippen LogP contribution in [0.2, 0.25) is 0 Å². The van der Waals surface area contributed by atoms with Crippen LogP contribution < -0.4 is 10.0 Å². The van der Waals surface area contributed by atoms with E-state index in [0.29, 0.717) is 0 Å². The zero-order chi connectivity index (χ0) is 14.5. The largest absolute Gasteiger partial charge is 0.550 e. The lowest BCUT2D eigenvalue weighted by atomic mass is 9.85. The second-order valence-electron chi connectivity index (χ2n) is 6.16. The number of hydrogen-bond donors (Lipinski definition) is 1. The van der Waals surface area contributed by atoms with Crippen molar-refractivity contribution in [1.29, 1.82) is 0 Å². The van der Waals surface area contributed by atoms with Gasteiger partial charge in [-0.25, -0.2) is 0 Å². The maximum atomic E-state index is 8.89. The van der Waals surface area contributed by atoms with Gasteiger partial charge in [-0.05, 0) is 25.7 Å². The molecule has 0 atom stereocenters. The molecular formula is C16H33NO2. The number of rotatable bonds is 7. The van der Waals surface area contributed by atoms with Gasteiger partial charge in [-0.3, -0.25) is 0 Å². The van der Waals surface area contributed by atoms with Crippen molar-refractivity contribution in [1.82, 2.24) is 0 Å². The highest BCUT2D eigenvalue weighted by atomic mass is 16.4. The van der Waals surface area contributed by atoms with Crippen molar-refractivity contribution in [3.63, 3.8) is 0 Å². The number of nitrogens with one attached hydrogen (secondary N) is 1. The fraction of sp³-hybridized carbons (Fsp3) is 0.938. The zero-order valence-corrected chi connectivity index (χ0v) is 13.2. The Hall–Kier alpha value is -0.570. The summed E-state index contributed by atoms with van der Waals surface area (Å²) in [4.78, 5) is 10.5. The van der Waals surface area contributed by atoms with Gasteiger partial charge in [-0.1, -0.05) is 51.4 Å². The molecule has 0 aromatic rings. The smallest absolute Gasteiger partial charge is 0.0766 e. The number of aliphatic carboxylic acids is 1. The highest BCUT2D eigenvalue weighted by Crippen LogP contribution is 2.27. The summed E-state index contributed by atoms with van der Waals surface area (Å²) in [6, 6.07) is 0. The van der Waals surface area contributed by atoms with Crippen LogP contribution >= 0.6 is 0 Å². The normalized spacial score (nSPS) is 16.0. The number of carbonyl (C=O) groups is 1. The molecule has 3 heteroatoms. The van der Waals surface area contributed by atoms with Gasteiger partial charge < -0.3 is 14.8 Å². The van der Waals surface area contributed by atoms with Crippen molar-refractivity contribution in [2.75, 3.05) is 20.6 Å². The van der Waals surface area contributed by atoms with Crippen LogP contribution in [0.1, 0.15) is 71.1 Å². The number of unbranched alkanes of at least 4 members (excludes halogenated alkanes) is 3. The van der Waals surface area contributed by atoms with Crippen LogP contribution in [0.5, 0.6) is 0 Å². The molecule has 1 saturated carbocycles. The number of carbonyl (C=O) groups excluding carboxylic acids is 1. The fourth-order valence-electron chi connectivity index (χ4n) is 2.74. The minimum absolute atomic E-state index is 0.972. The van der Waals surface area contributed by atoms with Crippen molar-refractivity contribution in [2.24, 2.45) is 5.92 Å². The molecule has 0 amide bonds. The minimum Gasteiger partial charge on any atom is -0.550 e. The van der Waals surface area contributed by atoms with E-state index in [1.165, 1.54) is 70.8 Å². The van der Waals surface area contributed by atoms with Gasteiger partial charge in [-0.15, -0.1) is 0 Å². The first kappa shape index (κ1) is 18.4. The first-order valence-electron chi connectivity index (χ1n) is 7.99. The molecule has 0 heterocycles. The maximum Gasteiger partial charge on any atom is 0.0766 e. The summed E-state index contributed by atoms with van der Waals surface area (Å²) >= 11 is 0. The summed E-state index contributed by atoms with van der Waals surface area (Å²) < 4.78 is 0. The zero-order valence-electron chi connectivity index (χ0n) is 13.2. The molecule has 0 spiro atoms. The van der Waals surface area contributed by atoms with Gasteiger partial charge in [0, 0.05) is 5.97 Å². The van der Waals surface area contributed by atoms with E-state index in [1.54, 1.807) is 4.90 Å². The van der Waals surface area contributed by atoms with E-state index in [2.05, 4.69) is 14.1 Å². The Kier molecular flexibility index (Phi) is 12.1. The average Bonchev–Trinajstić information content (AvgIpc) is 2.34. The molecule has 0 saturated heterocycles. The first-order chi connectivity index (χ1) is 9.02. The van der Waals surface area contributed by atoms with E-state index in [9.17, 15) is 0 Å². The molecule has 114 valence electrons. The molecule has 19 heavy (non-hydrogen) atoms. The van der Waals surface area contributed by atoms with E-state index in [1.807, 2.05) is 0 Å². The quantitative estimate of drug-likeness (QED) is 0.712. The number of quaternary nitrogens is 1. The van der Waals surface area contributed by atoms with Crippen molar-refractivity contribution >= 4 is 5.97 Å². The van der Waals surface area contributed by atoms with Crippen LogP contribution in [-0.4, -0.2) is 26.6 Å². The lowest BCUT2D eigenvalue weighted by Crippen LogP contribution is -3.05. The Bertz CT molecular complexity index is 207. The van der Waals surface area contributed by atoms with Crippen molar-refractivity contribution in [3.8, 4) is 0 Å². The van der Waals surface area contributed by atoms with Crippen LogP contribution in [0.4, 0.5) is 0 Å². The standard InChI is InChI=1S/C14H29N.C2H4O2/c1-15(2)13-9-4-3-6-10-14-11-7-5-8-12-14;1-2(3)4/h14H,3-13H2,1-2H3;1H3,(H,3,4). The van der Waals surface area contributed by atoms with Gasteiger partial charge >= 0.3 is 0 Å². The Labute approximate surface area is 119 Å². The van der Waals surface area contributed by atoms with E-state index in [0.717, 1.165) is 12.8 Å². The van der Waals surface area contributed by atoms with Gasteiger partial charge in [0.05, 0.1) is 20.6 Å². The predicted molar refractivity (Wildman–Crippen MR) is 78.0 cm³/mol. The van der Waals surface area contributed by atoms with E-state index < -0.39 is 5.97 Å². The second kappa shape index (κ2) is 12.5. The third-order valence-corrected chi connectivity index (χ3v) is 3.76. The second-order valence-corrected chi connectivity index (χ2v) is 6.16. The Morgan fingerprint density at radius 3 is 2.11 bits per heavy atom. The fourth-order valence-corrected chi connectivity index (χ4v) is 2.74. The Balaban J connectivity index is 0.000000711. The molecule has 1 fully saturated rings. The van der Waals surface area contributed by atoms with Crippen LogP contribution in [-0.2, 0) is 4.79 Å². The third kappa shape index (κ3) is 15.4. The molecule has 1 aliphatic rings. The van der Waals surface area contributed by atoms with Crippen LogP contribution in [0.3, 0.4) is 0 Å². The molecule has 3 nitrogen and oxygen atoms in total. The molecule has 0 bridgehead atoms. The van der Waals surface area contributed by atoms with Crippen LogP contribution in [0, 0.1) is 5.92 Å². The number of carboxylic acids is 1. The predicted octanol–water partition coefficient (Wildman–Crippen LogP) is 1.42. The summed E-state index contributed by atoms with van der Waals surface area (Å²) in [7, 11) is 4.50. The molecule has 0 unspecified atom stereocenters. The number of hydrogen-bond acceptors (Lipinski definition) is 2. The molecule has 1 aliphatic carbocycles. The van der Waals surface area contributed by atoms with Gasteiger partial charge in [0.2, 0.25) is 0 Å². The van der Waals surface area contributed by atoms with Crippen molar-refractivity contribution < 1.29 is 14.8 Å². The molecule has 0 aliphatic heterocycles. The molecule has 0 radical (unpaired) electrons. The highest BCUT2D eigenvalue weighted by molar-refractivity contribution is 5.60. The van der Waals surface area contributed by atoms with Gasteiger partial charge in [0.25, 0.3) is 0 Å². The van der Waals surface area contributed by atoms with Gasteiger partial charge in [-0.2, -0.15) is 0 Å². The van der Waals surface area contributed by atoms with E-state index in [4.69, 9.17) is 9.90 Å². The minimum atomic E-state index is -1.08. The summed E-state index contributed by atoms with van der Waals surface area (Å²) in [6.07, 6.45) is 15.0. The summed E-state index contributed by atoms with van der Waals surface area (Å²) in [5, 5.41) is 8.89. The van der Waals surface area contributed by atoms with E-state index in [-0.39, 0.29) is 0 Å². The van der Waals surface area contributed by atoms with Crippen LogP contribution in [0.25, 0.3) is 0 Å². The Morgan fingerprint density at radius 1 is 1.05 bits per heavy atom. The molecular weight excluding hydrogens is 238 g/mol. The molecule has 0 aromatic heterocycles. The summed E-state index contributed by atoms with van der Waals surface area (Å²) in [5.41, 5.74) is 0. The third-order valence-electron chi connectivity index (χ3n) is 3.76. The van der Waals surface area contributed by atoms with E-state index >= 15 is 0 Å². The molecule has 1 N–H and O–H groups in total. The average molecular weight is 271 g/mol. The monoisotopic (exact) mass is 271 g/mol. The van der Waals surface area contributed by atoms with Crippen LogP contribution in [0.15, 0.2) is 0 Å². The van der Waals surface area contributed by atoms with Gasteiger partial charge in [0.1, 0.15) is 0 Å². The van der Waals surface area contributed by atoms with Crippen molar-refractivity contribution in [2.45, 2.75) is 71.1 Å². The van der Waals surface area contributed by atoms with Crippen molar-refractivity contribution in [3.05, 3.63) is 0 Å². The Morgan fingerprint density at radius 2 is 1.58 bits per heavy atom. The first-order valence-corrected chi connectivity index (χ1v) is 7.99. The summed E-state index contributed by atoms with van der Waals surface area (Å²) in [5.74, 6) is 0.0122. The lowest BCUT2D eigenvalue weighted by Gasteiger charge is -2.21.